The van der Waals surface area contributed by atoms with Gasteiger partial charge in [0.05, 0.1) is 6.42 Å². The molecule has 2 aliphatic heterocycles. The molecule has 1 fully saturated rings. The maximum Gasteiger partial charge on any atom is 0.308 e. The van der Waals surface area contributed by atoms with E-state index in [4.69, 9.17) is 9.84 Å². The Bertz CT molecular complexity index is 892. The molecule has 0 radical (unpaired) electrons. The summed E-state index contributed by atoms with van der Waals surface area (Å²) in [5, 5.41) is 18.3. The highest BCUT2D eigenvalue weighted by Gasteiger charge is 2.26. The number of hydrogen-bond donors (Lipinski definition) is 2. The first-order valence-corrected chi connectivity index (χ1v) is 10.6. The van der Waals surface area contributed by atoms with Crippen LogP contribution in [-0.2, 0) is 17.8 Å². The number of carboxylic acids is 1. The maximum atomic E-state index is 11.2. The number of rotatable bonds is 5. The summed E-state index contributed by atoms with van der Waals surface area (Å²) in [5.41, 5.74) is 4.86. The summed E-state index contributed by atoms with van der Waals surface area (Å²) in [6.07, 6.45) is 2.84. The Hall–Kier alpha value is -2.15. The maximum absolute atomic E-state index is 11.2. The van der Waals surface area contributed by atoms with Crippen LogP contribution in [0.4, 0.5) is 0 Å². The highest BCUT2D eigenvalue weighted by molar-refractivity contribution is 7.13. The molecule has 1 aromatic heterocycles. The minimum atomic E-state index is -0.802. The molecule has 0 spiro atoms. The Morgan fingerprint density at radius 1 is 1.21 bits per heavy atom. The first-order chi connectivity index (χ1) is 13.7. The molecule has 0 saturated carbocycles. The van der Waals surface area contributed by atoms with Crippen molar-refractivity contribution in [2.24, 2.45) is 0 Å². The fourth-order valence-electron chi connectivity index (χ4n) is 4.06. The number of likely N-dealkylation sites (tertiary alicyclic amines) is 1. The second kappa shape index (κ2) is 8.47. The van der Waals surface area contributed by atoms with Crippen LogP contribution in [0, 0.1) is 0 Å². The van der Waals surface area contributed by atoms with Gasteiger partial charge in [-0.2, -0.15) is 0 Å². The fourth-order valence-corrected chi connectivity index (χ4v) is 5.32. The van der Waals surface area contributed by atoms with Crippen molar-refractivity contribution in [2.45, 2.75) is 32.3 Å². The second-order valence-corrected chi connectivity index (χ2v) is 8.46. The molecule has 4 rings (SSSR count). The predicted molar refractivity (Wildman–Crippen MR) is 110 cm³/mol. The zero-order chi connectivity index (χ0) is 19.5. The normalized spacial score (nSPS) is 16.9. The number of nitrogens with zero attached hydrogens (tertiary/aromatic N) is 1. The lowest BCUT2D eigenvalue weighted by Crippen LogP contribution is -2.32. The van der Waals surface area contributed by atoms with E-state index in [0.29, 0.717) is 6.61 Å². The molecule has 0 unspecified atom stereocenters. The van der Waals surface area contributed by atoms with Gasteiger partial charge >= 0.3 is 5.97 Å². The lowest BCUT2D eigenvalue weighted by atomic mass is 9.90. The van der Waals surface area contributed by atoms with Crippen LogP contribution in [0.25, 0.3) is 5.57 Å². The van der Waals surface area contributed by atoms with Crippen molar-refractivity contribution in [1.82, 2.24) is 4.90 Å². The molecule has 28 heavy (non-hydrogen) atoms. The standard InChI is InChI=1S/C22H25NO4S/c24-11-3-8-23-9-6-15(7-10-23)21-18-4-1-2-5-19(18)27-14-16-12-17(13-20(25)26)28-22(16)21/h1-2,4-5,12,24H,3,6-11,13-14H2,(H,25,26). The third-order valence-corrected chi connectivity index (χ3v) is 6.59. The summed E-state index contributed by atoms with van der Waals surface area (Å²) < 4.78 is 6.08. The van der Waals surface area contributed by atoms with Gasteiger partial charge < -0.3 is 19.8 Å². The molecular weight excluding hydrogens is 374 g/mol. The molecule has 2 aliphatic rings. The van der Waals surface area contributed by atoms with E-state index in [1.165, 1.54) is 16.0 Å². The Labute approximate surface area is 168 Å². The smallest absolute Gasteiger partial charge is 0.308 e. The molecule has 148 valence electrons. The van der Waals surface area contributed by atoms with Gasteiger partial charge in [0.25, 0.3) is 0 Å². The van der Waals surface area contributed by atoms with Gasteiger partial charge in [-0.3, -0.25) is 4.79 Å². The summed E-state index contributed by atoms with van der Waals surface area (Å²) in [6, 6.07) is 10.2. The molecule has 5 nitrogen and oxygen atoms in total. The number of aliphatic carboxylic acids is 1. The van der Waals surface area contributed by atoms with Crippen LogP contribution in [0.1, 0.15) is 40.1 Å². The highest BCUT2D eigenvalue weighted by atomic mass is 32.1. The fraction of sp³-hybridized carbons (Fsp3) is 0.409. The zero-order valence-corrected chi connectivity index (χ0v) is 16.6. The summed E-state index contributed by atoms with van der Waals surface area (Å²) in [4.78, 5) is 15.6. The molecule has 0 bridgehead atoms. The number of carboxylic acid groups (broad SMARTS) is 1. The summed E-state index contributed by atoms with van der Waals surface area (Å²) in [6.45, 7) is 3.63. The van der Waals surface area contributed by atoms with Crippen LogP contribution < -0.4 is 4.74 Å². The minimum Gasteiger partial charge on any atom is -0.488 e. The van der Waals surface area contributed by atoms with Crippen molar-refractivity contribution in [2.75, 3.05) is 26.2 Å². The van der Waals surface area contributed by atoms with Crippen molar-refractivity contribution in [3.63, 3.8) is 0 Å². The number of thiophene rings is 1. The molecule has 2 N–H and O–H groups in total. The number of piperidine rings is 1. The second-order valence-electron chi connectivity index (χ2n) is 7.32. The van der Waals surface area contributed by atoms with E-state index in [2.05, 4.69) is 11.0 Å². The topological polar surface area (TPSA) is 70.0 Å². The van der Waals surface area contributed by atoms with Crippen molar-refractivity contribution in [3.05, 3.63) is 56.8 Å². The van der Waals surface area contributed by atoms with Gasteiger partial charge in [0, 0.05) is 52.7 Å². The van der Waals surface area contributed by atoms with Crippen molar-refractivity contribution in [1.29, 1.82) is 0 Å². The average Bonchev–Trinajstić information content (AvgIpc) is 3.01. The van der Waals surface area contributed by atoms with Crippen LogP contribution in [0.3, 0.4) is 0 Å². The number of aliphatic hydroxyl groups excluding tert-OH is 1. The van der Waals surface area contributed by atoms with Gasteiger partial charge in [0.2, 0.25) is 0 Å². The number of hydrogen-bond acceptors (Lipinski definition) is 5. The van der Waals surface area contributed by atoms with E-state index in [0.717, 1.165) is 60.7 Å². The summed E-state index contributed by atoms with van der Waals surface area (Å²) >= 11 is 1.59. The quantitative estimate of drug-likeness (QED) is 0.805. The molecule has 3 heterocycles. The number of aliphatic hydroxyl groups is 1. The highest BCUT2D eigenvalue weighted by Crippen LogP contribution is 2.44. The molecular formula is C22H25NO4S. The zero-order valence-electron chi connectivity index (χ0n) is 15.8. The number of carbonyl (C=O) groups is 1. The number of benzene rings is 1. The Morgan fingerprint density at radius 3 is 2.75 bits per heavy atom. The van der Waals surface area contributed by atoms with E-state index < -0.39 is 5.97 Å². The van der Waals surface area contributed by atoms with Gasteiger partial charge in [-0.15, -0.1) is 11.3 Å². The van der Waals surface area contributed by atoms with Crippen LogP contribution in [0.5, 0.6) is 5.75 Å². The van der Waals surface area contributed by atoms with E-state index in [1.807, 2.05) is 24.3 Å². The lowest BCUT2D eigenvalue weighted by molar-refractivity contribution is -0.136. The lowest BCUT2D eigenvalue weighted by Gasteiger charge is -2.29. The van der Waals surface area contributed by atoms with Crippen molar-refractivity contribution in [3.8, 4) is 5.75 Å². The third-order valence-electron chi connectivity index (χ3n) is 5.40. The van der Waals surface area contributed by atoms with E-state index in [-0.39, 0.29) is 13.0 Å². The van der Waals surface area contributed by atoms with Crippen molar-refractivity contribution >= 4 is 22.9 Å². The van der Waals surface area contributed by atoms with Crippen LogP contribution in [0.15, 0.2) is 35.9 Å². The predicted octanol–water partition coefficient (Wildman–Crippen LogP) is 3.55. The molecule has 0 aliphatic carbocycles. The van der Waals surface area contributed by atoms with Gasteiger partial charge in [0.15, 0.2) is 0 Å². The Balaban J connectivity index is 1.73. The van der Waals surface area contributed by atoms with Gasteiger partial charge in [-0.05, 0) is 31.4 Å². The first kappa shape index (κ1) is 19.2. The number of para-hydroxylation sites is 1. The molecule has 1 aromatic carbocycles. The SMILES string of the molecule is O=C(O)Cc1cc2c(s1)C(=C1CCN(CCCO)CC1)c1ccccc1OC2. The van der Waals surface area contributed by atoms with E-state index in [9.17, 15) is 9.90 Å². The van der Waals surface area contributed by atoms with E-state index >= 15 is 0 Å². The Morgan fingerprint density at radius 2 is 2.00 bits per heavy atom. The monoisotopic (exact) mass is 399 g/mol. The first-order valence-electron chi connectivity index (χ1n) is 9.77. The molecule has 6 heteroatoms. The van der Waals surface area contributed by atoms with E-state index in [1.54, 1.807) is 11.3 Å². The molecule has 1 saturated heterocycles. The van der Waals surface area contributed by atoms with Gasteiger partial charge in [0.1, 0.15) is 12.4 Å². The van der Waals surface area contributed by atoms with Crippen molar-refractivity contribution < 1.29 is 19.7 Å². The molecule has 0 atom stereocenters. The van der Waals surface area contributed by atoms with Crippen LogP contribution in [0.2, 0.25) is 0 Å². The minimum absolute atomic E-state index is 0.0524. The third kappa shape index (κ3) is 3.99. The van der Waals surface area contributed by atoms with Crippen LogP contribution in [-0.4, -0.2) is 47.3 Å². The number of fused-ring (bicyclic) bond motifs is 2. The average molecular weight is 400 g/mol. The molecule has 0 amide bonds. The van der Waals surface area contributed by atoms with Gasteiger partial charge in [-0.25, -0.2) is 0 Å². The summed E-state index contributed by atoms with van der Waals surface area (Å²) in [5.74, 6) is 0.0972. The molecule has 2 aromatic rings. The van der Waals surface area contributed by atoms with Gasteiger partial charge in [-0.1, -0.05) is 23.8 Å². The summed E-state index contributed by atoms with van der Waals surface area (Å²) in [7, 11) is 0. The number of ether oxygens (including phenoxy) is 1. The largest absolute Gasteiger partial charge is 0.488 e. The van der Waals surface area contributed by atoms with Crippen LogP contribution >= 0.6 is 11.3 Å². The Kier molecular flexibility index (Phi) is 5.80.